The van der Waals surface area contributed by atoms with Crippen molar-refractivity contribution in [3.05, 3.63) is 73.3 Å². The Hall–Kier alpha value is -4.44. The highest BCUT2D eigenvalue weighted by Gasteiger charge is 2.34. The predicted octanol–water partition coefficient (Wildman–Crippen LogP) is 5.01. The molecule has 0 radical (unpaired) electrons. The van der Waals surface area contributed by atoms with E-state index in [0.29, 0.717) is 18.2 Å². The third-order valence-corrected chi connectivity index (χ3v) is 4.43. The highest BCUT2D eigenvalue weighted by molar-refractivity contribution is 5.96. The van der Waals surface area contributed by atoms with Crippen molar-refractivity contribution >= 4 is 17.2 Å². The number of nitro groups is 2. The van der Waals surface area contributed by atoms with E-state index in [1.54, 1.807) is 0 Å². The molecule has 0 aliphatic carbocycles. The third kappa shape index (κ3) is 6.80. The van der Waals surface area contributed by atoms with Crippen molar-refractivity contribution in [3.8, 4) is 11.4 Å². The van der Waals surface area contributed by atoms with Gasteiger partial charge >= 0.3 is 12.4 Å². The summed E-state index contributed by atoms with van der Waals surface area (Å²) in [5.41, 5.74) is -4.10. The molecular weight excluding hydrogens is 506 g/mol. The summed E-state index contributed by atoms with van der Waals surface area (Å²) in [4.78, 5) is 30.6. The average Bonchev–Trinajstić information content (AvgIpc) is 3.23. The number of tetrazole rings is 1. The molecule has 0 unspecified atom stereocenters. The maximum atomic E-state index is 12.7. The second-order valence-electron chi connectivity index (χ2n) is 6.95. The monoisotopic (exact) mass is 520 g/mol. The molecule has 1 aromatic heterocycles. The lowest BCUT2D eigenvalue weighted by Gasteiger charge is -2.08. The van der Waals surface area contributed by atoms with Gasteiger partial charge in [-0.2, -0.15) is 26.3 Å². The van der Waals surface area contributed by atoms with Crippen LogP contribution >= 0.6 is 0 Å². The molecule has 0 aliphatic heterocycles. The summed E-state index contributed by atoms with van der Waals surface area (Å²) in [6.45, 7) is 1.47. The number of aromatic nitrogens is 4. The summed E-state index contributed by atoms with van der Waals surface area (Å²) in [6, 6.07) is 4.10. The number of rotatable bonds is 5. The maximum Gasteiger partial charge on any atom is 0.416 e. The van der Waals surface area contributed by atoms with Gasteiger partial charge in [-0.3, -0.25) is 25.0 Å². The molecule has 0 atom stereocenters. The van der Waals surface area contributed by atoms with Crippen LogP contribution < -0.4 is 0 Å². The Morgan fingerprint density at radius 3 is 1.81 bits per heavy atom. The first kappa shape index (κ1) is 27.8. The molecule has 192 valence electrons. The summed E-state index contributed by atoms with van der Waals surface area (Å²) in [6.07, 6.45) is -9.42. The number of nitrogens with zero attached hydrogens (tertiary/aromatic N) is 6. The van der Waals surface area contributed by atoms with E-state index in [9.17, 15) is 51.4 Å². The van der Waals surface area contributed by atoms with Crippen LogP contribution in [0.1, 0.15) is 34.8 Å². The predicted molar refractivity (Wildman–Crippen MR) is 109 cm³/mol. The quantitative estimate of drug-likeness (QED) is 0.197. The van der Waals surface area contributed by atoms with Gasteiger partial charge in [-0.1, -0.05) is 6.92 Å². The highest BCUT2D eigenvalue weighted by atomic mass is 19.4. The molecule has 0 spiro atoms. The van der Waals surface area contributed by atoms with Crippen molar-refractivity contribution in [2.75, 3.05) is 0 Å². The molecule has 11 nitrogen and oxygen atoms in total. The number of carbonyl (C=O) groups is 1. The lowest BCUT2D eigenvalue weighted by Crippen LogP contribution is -2.08. The summed E-state index contributed by atoms with van der Waals surface area (Å²) in [5.74, 6) is -0.562. The molecule has 0 amide bonds. The van der Waals surface area contributed by atoms with Gasteiger partial charge in [-0.05, 0) is 22.6 Å². The van der Waals surface area contributed by atoms with Crippen LogP contribution in [0.3, 0.4) is 0 Å². The molecule has 0 aliphatic rings. The minimum absolute atomic E-state index is 0.00852. The van der Waals surface area contributed by atoms with Crippen LogP contribution in [0.4, 0.5) is 37.7 Å². The van der Waals surface area contributed by atoms with Crippen molar-refractivity contribution in [3.63, 3.8) is 0 Å². The van der Waals surface area contributed by atoms with E-state index in [2.05, 4.69) is 15.5 Å². The topological polar surface area (TPSA) is 147 Å². The second kappa shape index (κ2) is 10.4. The number of hydrogen-bond acceptors (Lipinski definition) is 8. The number of ketones is 1. The Kier molecular flexibility index (Phi) is 8.07. The van der Waals surface area contributed by atoms with E-state index < -0.39 is 50.5 Å². The molecule has 1 heterocycles. The fraction of sp³-hybridized carbons (Fsp3) is 0.263. The van der Waals surface area contributed by atoms with E-state index in [-0.39, 0.29) is 23.4 Å². The molecule has 0 saturated heterocycles. The zero-order valence-corrected chi connectivity index (χ0v) is 18.2. The van der Waals surface area contributed by atoms with Gasteiger partial charge in [0.25, 0.3) is 11.4 Å². The largest absolute Gasteiger partial charge is 0.416 e. The molecule has 3 rings (SSSR count). The van der Waals surface area contributed by atoms with Gasteiger partial charge in [-0.15, -0.1) is 5.10 Å². The number of halogens is 6. The average molecular weight is 520 g/mol. The molecule has 17 heteroatoms. The van der Waals surface area contributed by atoms with Crippen molar-refractivity contribution in [2.24, 2.45) is 7.05 Å². The smallest absolute Gasteiger partial charge is 0.294 e. The fourth-order valence-corrected chi connectivity index (χ4v) is 2.73. The summed E-state index contributed by atoms with van der Waals surface area (Å²) >= 11 is 0. The minimum atomic E-state index is -4.71. The van der Waals surface area contributed by atoms with Gasteiger partial charge in [-0.25, -0.2) is 4.68 Å². The van der Waals surface area contributed by atoms with Crippen LogP contribution in [0.5, 0.6) is 0 Å². The zero-order chi connectivity index (χ0) is 27.4. The number of aryl methyl sites for hydroxylation is 1. The molecule has 2 aromatic carbocycles. The van der Waals surface area contributed by atoms with E-state index in [1.165, 1.54) is 14.0 Å². The lowest BCUT2D eigenvalue weighted by atomic mass is 10.0. The molecule has 36 heavy (non-hydrogen) atoms. The number of Topliss-reactive ketones (excluding diaryl/α,β-unsaturated/α-hetero) is 1. The van der Waals surface area contributed by atoms with Gasteiger partial charge in [0.1, 0.15) is 0 Å². The number of non-ortho nitro benzene ring substituents is 2. The molecular formula is C19H14F6N6O5. The third-order valence-electron chi connectivity index (χ3n) is 4.43. The van der Waals surface area contributed by atoms with Crippen molar-refractivity contribution in [1.29, 1.82) is 0 Å². The number of benzene rings is 2. The van der Waals surface area contributed by atoms with Crippen molar-refractivity contribution in [1.82, 2.24) is 20.2 Å². The van der Waals surface area contributed by atoms with Crippen LogP contribution in [0.2, 0.25) is 0 Å². The van der Waals surface area contributed by atoms with Crippen LogP contribution in [0, 0.1) is 20.2 Å². The van der Waals surface area contributed by atoms with Gasteiger partial charge in [0.05, 0.1) is 21.0 Å². The number of carbonyl (C=O) groups excluding carboxylic acids is 1. The Balaban J connectivity index is 0.000000255. The van der Waals surface area contributed by atoms with Gasteiger partial charge < -0.3 is 0 Å². The molecule has 0 saturated carbocycles. The molecule has 0 bridgehead atoms. The Bertz CT molecular complexity index is 1300. The number of alkyl halides is 6. The summed E-state index contributed by atoms with van der Waals surface area (Å²) in [5, 5.41) is 31.4. The number of hydrogen-bond donors (Lipinski definition) is 0. The standard InChI is InChI=1S/C10H8F3NO3.C9H6F3N5O2/c1-2-9(15)6-3-7(10(11,12)13)5-8(4-6)14(16)17;1-16-8(13-14-15-16)5-2-6(9(10,11)12)4-7(3-5)17(18)19/h3-5H,2H2,1H3;2-4H,1H3. The van der Waals surface area contributed by atoms with Gasteiger partial charge in [0.2, 0.25) is 0 Å². The zero-order valence-electron chi connectivity index (χ0n) is 18.2. The number of nitro benzene ring substituents is 2. The van der Waals surface area contributed by atoms with E-state index in [0.717, 1.165) is 22.9 Å². The highest BCUT2D eigenvalue weighted by Crippen LogP contribution is 2.35. The molecule has 0 N–H and O–H groups in total. The molecule has 3 aromatic rings. The first-order valence-electron chi connectivity index (χ1n) is 9.53. The second-order valence-corrected chi connectivity index (χ2v) is 6.95. The Morgan fingerprint density at radius 2 is 1.39 bits per heavy atom. The van der Waals surface area contributed by atoms with Crippen LogP contribution in [0.15, 0.2) is 36.4 Å². The summed E-state index contributed by atoms with van der Waals surface area (Å²) in [7, 11) is 1.42. The normalized spacial score (nSPS) is 11.4. The Labute approximate surface area is 196 Å². The minimum Gasteiger partial charge on any atom is -0.294 e. The van der Waals surface area contributed by atoms with E-state index in [1.807, 2.05) is 0 Å². The SMILES string of the molecule is CCC(=O)c1cc([N+](=O)[O-])cc(C(F)(F)F)c1.Cn1nnnc1-c1cc([N+](=O)[O-])cc(C(F)(F)F)c1. The fourth-order valence-electron chi connectivity index (χ4n) is 2.73. The molecule has 0 fully saturated rings. The van der Waals surface area contributed by atoms with Crippen LogP contribution in [0.25, 0.3) is 11.4 Å². The van der Waals surface area contributed by atoms with Crippen molar-refractivity contribution in [2.45, 2.75) is 25.7 Å². The van der Waals surface area contributed by atoms with Gasteiger partial charge in [0, 0.05) is 48.9 Å². The Morgan fingerprint density at radius 1 is 0.889 bits per heavy atom. The first-order valence-corrected chi connectivity index (χ1v) is 9.53. The van der Waals surface area contributed by atoms with Crippen molar-refractivity contribution < 1.29 is 41.0 Å². The lowest BCUT2D eigenvalue weighted by molar-refractivity contribution is -0.385. The first-order chi connectivity index (χ1) is 16.5. The van der Waals surface area contributed by atoms with Crippen LogP contribution in [-0.4, -0.2) is 35.8 Å². The van der Waals surface area contributed by atoms with Gasteiger partial charge in [0.15, 0.2) is 11.6 Å². The maximum absolute atomic E-state index is 12.7. The summed E-state index contributed by atoms with van der Waals surface area (Å²) < 4.78 is 76.5. The van der Waals surface area contributed by atoms with Crippen LogP contribution in [-0.2, 0) is 19.4 Å². The van der Waals surface area contributed by atoms with E-state index in [4.69, 9.17) is 0 Å². The van der Waals surface area contributed by atoms with E-state index >= 15 is 0 Å².